The van der Waals surface area contributed by atoms with Crippen molar-refractivity contribution < 1.29 is 18.4 Å². The van der Waals surface area contributed by atoms with Gasteiger partial charge in [-0.2, -0.15) is 0 Å². The summed E-state index contributed by atoms with van der Waals surface area (Å²) in [5.41, 5.74) is 0.417. The molecule has 2 heterocycles. The summed E-state index contributed by atoms with van der Waals surface area (Å²) in [6.07, 6.45) is 1.31. The molecule has 6 nitrogen and oxygen atoms in total. The molecule has 154 valence electrons. The molecule has 0 spiro atoms. The van der Waals surface area contributed by atoms with Crippen molar-refractivity contribution in [2.75, 3.05) is 18.4 Å². The van der Waals surface area contributed by atoms with Gasteiger partial charge in [0.05, 0.1) is 5.56 Å². The molecule has 0 radical (unpaired) electrons. The smallest absolute Gasteiger partial charge is 0.286 e. The van der Waals surface area contributed by atoms with Gasteiger partial charge >= 0.3 is 0 Å². The first-order valence-corrected chi connectivity index (χ1v) is 10.3. The largest absolute Gasteiger partial charge is 0.339 e. The lowest BCUT2D eigenvalue weighted by molar-refractivity contribution is 0.0708. The Morgan fingerprint density at radius 3 is 2.53 bits per heavy atom. The van der Waals surface area contributed by atoms with Crippen molar-refractivity contribution >= 4 is 28.8 Å². The second kappa shape index (κ2) is 8.66. The van der Waals surface area contributed by atoms with E-state index in [2.05, 4.69) is 15.5 Å². The van der Waals surface area contributed by atoms with Crippen LogP contribution >= 0.6 is 11.3 Å². The molecule has 1 fully saturated rings. The molecule has 1 N–H and O–H groups in total. The number of rotatable bonds is 4. The number of aromatic nitrogens is 2. The van der Waals surface area contributed by atoms with E-state index in [1.807, 2.05) is 0 Å². The van der Waals surface area contributed by atoms with Crippen molar-refractivity contribution in [2.45, 2.75) is 18.8 Å². The van der Waals surface area contributed by atoms with Crippen molar-refractivity contribution in [3.63, 3.8) is 0 Å². The number of anilines is 1. The standard InChI is InChI=1S/C21H18F2N4O2S/c22-14-4-3-5-15(12-14)24-18(28)20-26-25-19(30-20)13-8-10-27(11-9-13)21(29)16-6-1-2-7-17(16)23/h1-7,12-13H,8-11H2,(H,24,28). The fourth-order valence-corrected chi connectivity index (χ4v) is 4.28. The van der Waals surface area contributed by atoms with Gasteiger partial charge in [0.2, 0.25) is 5.01 Å². The molecule has 0 atom stereocenters. The number of nitrogens with one attached hydrogen (secondary N) is 1. The molecule has 2 aromatic carbocycles. The van der Waals surface area contributed by atoms with Crippen LogP contribution in [0, 0.1) is 11.6 Å². The van der Waals surface area contributed by atoms with Gasteiger partial charge in [-0.15, -0.1) is 10.2 Å². The minimum Gasteiger partial charge on any atom is -0.339 e. The van der Waals surface area contributed by atoms with Gasteiger partial charge in [0, 0.05) is 24.7 Å². The summed E-state index contributed by atoms with van der Waals surface area (Å²) >= 11 is 1.19. The van der Waals surface area contributed by atoms with Crippen LogP contribution in [-0.2, 0) is 0 Å². The van der Waals surface area contributed by atoms with E-state index in [0.717, 1.165) is 5.01 Å². The summed E-state index contributed by atoms with van der Waals surface area (Å²) in [5.74, 6) is -1.66. The first-order chi connectivity index (χ1) is 14.5. The molecule has 30 heavy (non-hydrogen) atoms. The highest BCUT2D eigenvalue weighted by Gasteiger charge is 2.28. The third-order valence-electron chi connectivity index (χ3n) is 4.95. The number of carbonyl (C=O) groups is 2. The van der Waals surface area contributed by atoms with Gasteiger partial charge in [0.1, 0.15) is 16.6 Å². The quantitative estimate of drug-likeness (QED) is 0.679. The molecular formula is C21H18F2N4O2S. The van der Waals surface area contributed by atoms with Crippen molar-refractivity contribution in [2.24, 2.45) is 0 Å². The van der Waals surface area contributed by atoms with E-state index < -0.39 is 17.5 Å². The molecular weight excluding hydrogens is 410 g/mol. The van der Waals surface area contributed by atoms with E-state index in [1.54, 1.807) is 23.1 Å². The maximum absolute atomic E-state index is 13.9. The number of amides is 2. The van der Waals surface area contributed by atoms with Crippen LogP contribution in [-0.4, -0.2) is 40.0 Å². The molecule has 9 heteroatoms. The van der Waals surface area contributed by atoms with Gasteiger partial charge in [-0.25, -0.2) is 8.78 Å². The Labute approximate surface area is 175 Å². The number of benzene rings is 2. The number of likely N-dealkylation sites (tertiary alicyclic amines) is 1. The Morgan fingerprint density at radius 2 is 1.80 bits per heavy atom. The highest BCUT2D eigenvalue weighted by atomic mass is 32.1. The van der Waals surface area contributed by atoms with E-state index in [4.69, 9.17) is 0 Å². The monoisotopic (exact) mass is 428 g/mol. The first kappa shape index (κ1) is 20.1. The van der Waals surface area contributed by atoms with Gasteiger partial charge in [0.25, 0.3) is 11.8 Å². The highest BCUT2D eigenvalue weighted by molar-refractivity contribution is 7.13. The summed E-state index contributed by atoms with van der Waals surface area (Å²) in [5, 5.41) is 11.6. The normalized spacial score (nSPS) is 14.5. The molecule has 1 saturated heterocycles. The SMILES string of the molecule is O=C(Nc1cccc(F)c1)c1nnc(C2CCN(C(=O)c3ccccc3F)CC2)s1. The predicted octanol–water partition coefficient (Wildman–Crippen LogP) is 4.09. The number of piperidine rings is 1. The van der Waals surface area contributed by atoms with Gasteiger partial charge in [-0.05, 0) is 43.2 Å². The average Bonchev–Trinajstić information content (AvgIpc) is 3.24. The molecule has 0 saturated carbocycles. The lowest BCUT2D eigenvalue weighted by Crippen LogP contribution is -2.38. The lowest BCUT2D eigenvalue weighted by atomic mass is 9.97. The molecule has 3 aromatic rings. The predicted molar refractivity (Wildman–Crippen MR) is 109 cm³/mol. The minimum atomic E-state index is -0.525. The fourth-order valence-electron chi connectivity index (χ4n) is 3.38. The van der Waals surface area contributed by atoms with Crippen LogP contribution in [0.3, 0.4) is 0 Å². The Balaban J connectivity index is 1.36. The maximum Gasteiger partial charge on any atom is 0.286 e. The Kier molecular flexibility index (Phi) is 5.80. The molecule has 0 bridgehead atoms. The maximum atomic E-state index is 13.9. The van der Waals surface area contributed by atoms with Crippen molar-refractivity contribution in [1.82, 2.24) is 15.1 Å². The third kappa shape index (κ3) is 4.35. The summed E-state index contributed by atoms with van der Waals surface area (Å²) in [4.78, 5) is 26.5. The molecule has 0 unspecified atom stereocenters. The van der Waals surface area contributed by atoms with Gasteiger partial charge in [-0.3, -0.25) is 9.59 Å². The molecule has 1 aromatic heterocycles. The molecule has 1 aliphatic heterocycles. The molecule has 0 aliphatic carbocycles. The summed E-state index contributed by atoms with van der Waals surface area (Å²) < 4.78 is 27.1. The van der Waals surface area contributed by atoms with Gasteiger partial charge < -0.3 is 10.2 Å². The topological polar surface area (TPSA) is 75.2 Å². The van der Waals surface area contributed by atoms with Crippen LogP contribution in [0.2, 0.25) is 0 Å². The Hall–Kier alpha value is -3.20. The first-order valence-electron chi connectivity index (χ1n) is 9.45. The molecule has 2 amide bonds. The summed E-state index contributed by atoms with van der Waals surface area (Å²) in [6.45, 7) is 0.949. The van der Waals surface area contributed by atoms with E-state index in [9.17, 15) is 18.4 Å². The van der Waals surface area contributed by atoms with Crippen LogP contribution in [0.1, 0.15) is 43.9 Å². The van der Waals surface area contributed by atoms with Crippen LogP contribution in [0.4, 0.5) is 14.5 Å². The number of halogens is 2. The number of hydrogen-bond donors (Lipinski definition) is 1. The van der Waals surface area contributed by atoms with Crippen LogP contribution < -0.4 is 5.32 Å². The zero-order valence-corrected chi connectivity index (χ0v) is 16.7. The molecule has 1 aliphatic rings. The van der Waals surface area contributed by atoms with Crippen LogP contribution in [0.25, 0.3) is 0 Å². The minimum absolute atomic E-state index is 0.0721. The van der Waals surface area contributed by atoms with Crippen molar-refractivity contribution in [3.8, 4) is 0 Å². The Bertz CT molecular complexity index is 1080. The van der Waals surface area contributed by atoms with Crippen LogP contribution in [0.15, 0.2) is 48.5 Å². The average molecular weight is 428 g/mol. The van der Waals surface area contributed by atoms with Crippen LogP contribution in [0.5, 0.6) is 0 Å². The number of nitrogens with zero attached hydrogens (tertiary/aromatic N) is 3. The molecule has 4 rings (SSSR count). The van der Waals surface area contributed by atoms with E-state index in [-0.39, 0.29) is 22.4 Å². The zero-order valence-electron chi connectivity index (χ0n) is 15.8. The van der Waals surface area contributed by atoms with Gasteiger partial charge in [0.15, 0.2) is 0 Å². The second-order valence-corrected chi connectivity index (χ2v) is 7.97. The van der Waals surface area contributed by atoms with Crippen molar-refractivity contribution in [3.05, 3.63) is 75.7 Å². The van der Waals surface area contributed by atoms with E-state index in [0.29, 0.717) is 31.6 Å². The Morgan fingerprint density at radius 1 is 1.03 bits per heavy atom. The third-order valence-corrected chi connectivity index (χ3v) is 6.04. The fraction of sp³-hybridized carbons (Fsp3) is 0.238. The summed E-state index contributed by atoms with van der Waals surface area (Å²) in [7, 11) is 0. The highest BCUT2D eigenvalue weighted by Crippen LogP contribution is 2.31. The summed E-state index contributed by atoms with van der Waals surface area (Å²) in [6, 6.07) is 11.6. The zero-order chi connectivity index (χ0) is 21.1. The van der Waals surface area contributed by atoms with E-state index >= 15 is 0 Å². The number of hydrogen-bond acceptors (Lipinski definition) is 5. The second-order valence-electron chi connectivity index (χ2n) is 6.96. The van der Waals surface area contributed by atoms with E-state index in [1.165, 1.54) is 41.7 Å². The number of carbonyl (C=O) groups excluding carboxylic acids is 2. The lowest BCUT2D eigenvalue weighted by Gasteiger charge is -2.31. The van der Waals surface area contributed by atoms with Crippen molar-refractivity contribution in [1.29, 1.82) is 0 Å². The van der Waals surface area contributed by atoms with Gasteiger partial charge in [-0.1, -0.05) is 29.5 Å².